The van der Waals surface area contributed by atoms with Gasteiger partial charge in [0.15, 0.2) is 0 Å². The molecule has 1 unspecified atom stereocenters. The molecule has 0 radical (unpaired) electrons. The highest BCUT2D eigenvalue weighted by Crippen LogP contribution is 2.37. The van der Waals surface area contributed by atoms with E-state index < -0.39 is 0 Å². The van der Waals surface area contributed by atoms with Gasteiger partial charge in [-0.25, -0.2) is 0 Å². The Labute approximate surface area is 116 Å². The normalized spacial score (nSPS) is 23.2. The number of hydrogen-bond donors (Lipinski definition) is 1. The van der Waals surface area contributed by atoms with Crippen LogP contribution >= 0.6 is 11.8 Å². The van der Waals surface area contributed by atoms with Crippen LogP contribution < -0.4 is 5.73 Å². The van der Waals surface area contributed by atoms with Gasteiger partial charge in [-0.15, -0.1) is 11.8 Å². The van der Waals surface area contributed by atoms with Crippen molar-refractivity contribution < 1.29 is 9.59 Å². The van der Waals surface area contributed by atoms with E-state index in [1.54, 1.807) is 0 Å². The maximum Gasteiger partial charge on any atom is 0.243 e. The molecule has 5 heteroatoms. The highest BCUT2D eigenvalue weighted by molar-refractivity contribution is 8.00. The first-order valence-corrected chi connectivity index (χ1v) is 7.33. The molecule has 1 aromatic carbocycles. The first kappa shape index (κ1) is 12.5. The number of amides is 2. The fourth-order valence-corrected chi connectivity index (χ4v) is 3.48. The first-order valence-electron chi connectivity index (χ1n) is 6.45. The molecule has 2 fully saturated rings. The van der Waals surface area contributed by atoms with Crippen molar-refractivity contribution in [2.24, 2.45) is 0 Å². The van der Waals surface area contributed by atoms with Crippen LogP contribution in [-0.2, 0) is 9.59 Å². The highest BCUT2D eigenvalue weighted by atomic mass is 32.2. The zero-order valence-electron chi connectivity index (χ0n) is 10.8. The van der Waals surface area contributed by atoms with E-state index >= 15 is 0 Å². The molecule has 4 nitrogen and oxygen atoms in total. The molecular weight excluding hydrogens is 260 g/mol. The molecule has 2 aliphatic rings. The summed E-state index contributed by atoms with van der Waals surface area (Å²) in [5.74, 6) is -0.0378. The molecule has 1 aromatic rings. The van der Waals surface area contributed by atoms with E-state index in [0.29, 0.717) is 6.42 Å². The number of carbonyl (C=O) groups is 2. The minimum absolute atomic E-state index is 0.0165. The van der Waals surface area contributed by atoms with Crippen molar-refractivity contribution in [2.45, 2.75) is 42.4 Å². The predicted molar refractivity (Wildman–Crippen MR) is 74.7 cm³/mol. The second-order valence-corrected chi connectivity index (χ2v) is 6.44. The smallest absolute Gasteiger partial charge is 0.243 e. The number of nitrogens with zero attached hydrogens (tertiary/aromatic N) is 1. The lowest BCUT2D eigenvalue weighted by molar-refractivity contribution is -0.138. The topological polar surface area (TPSA) is 63.4 Å². The van der Waals surface area contributed by atoms with Gasteiger partial charge in [0.2, 0.25) is 11.8 Å². The maximum atomic E-state index is 12.2. The van der Waals surface area contributed by atoms with Crippen molar-refractivity contribution in [3.05, 3.63) is 23.8 Å². The molecule has 2 N–H and O–H groups in total. The Balaban J connectivity index is 1.74. The number of hydrogen-bond acceptors (Lipinski definition) is 4. The molecule has 3 rings (SSSR count). The van der Waals surface area contributed by atoms with Gasteiger partial charge in [0.05, 0.1) is 5.25 Å². The molecule has 0 aromatic heterocycles. The molecule has 1 saturated heterocycles. The first-order chi connectivity index (χ1) is 9.06. The largest absolute Gasteiger partial charge is 0.399 e. The lowest BCUT2D eigenvalue weighted by atomic mass is 10.2. The summed E-state index contributed by atoms with van der Waals surface area (Å²) in [4.78, 5) is 26.5. The van der Waals surface area contributed by atoms with E-state index in [1.807, 2.05) is 25.1 Å². The number of thioether (sulfide) groups is 1. The summed E-state index contributed by atoms with van der Waals surface area (Å²) >= 11 is 1.47. The van der Waals surface area contributed by atoms with Crippen molar-refractivity contribution in [3.63, 3.8) is 0 Å². The number of nitrogens with two attached hydrogens (primary N) is 1. The average Bonchev–Trinajstić information content (AvgIpc) is 3.13. The third kappa shape index (κ3) is 2.34. The van der Waals surface area contributed by atoms with Crippen LogP contribution in [0.4, 0.5) is 5.69 Å². The second-order valence-electron chi connectivity index (χ2n) is 5.16. The number of carbonyl (C=O) groups excluding carboxylic acids is 2. The molecule has 2 amide bonds. The van der Waals surface area contributed by atoms with Gasteiger partial charge in [-0.05, 0) is 43.5 Å². The number of likely N-dealkylation sites (tertiary alicyclic amines) is 1. The van der Waals surface area contributed by atoms with Crippen molar-refractivity contribution in [3.8, 4) is 0 Å². The molecule has 1 heterocycles. The van der Waals surface area contributed by atoms with E-state index in [1.165, 1.54) is 16.7 Å². The Morgan fingerprint density at radius 1 is 1.32 bits per heavy atom. The maximum absolute atomic E-state index is 12.2. The minimum atomic E-state index is -0.267. The van der Waals surface area contributed by atoms with E-state index in [-0.39, 0.29) is 23.1 Å². The molecule has 1 aliphatic heterocycles. The third-order valence-corrected chi connectivity index (χ3v) is 4.75. The van der Waals surface area contributed by atoms with Crippen molar-refractivity contribution >= 4 is 29.3 Å². The van der Waals surface area contributed by atoms with Crippen LogP contribution in [0.15, 0.2) is 23.1 Å². The zero-order valence-corrected chi connectivity index (χ0v) is 11.6. The molecular formula is C14H16N2O2S. The van der Waals surface area contributed by atoms with E-state index in [0.717, 1.165) is 29.0 Å². The Hall–Kier alpha value is -1.49. The van der Waals surface area contributed by atoms with Crippen molar-refractivity contribution in [2.75, 3.05) is 5.73 Å². The van der Waals surface area contributed by atoms with Gasteiger partial charge in [-0.3, -0.25) is 14.5 Å². The standard InChI is InChI=1S/C14H16N2O2S/c1-8-6-10(4-5-11(8)15)19-12-7-13(17)16(14(12)18)9-2-3-9/h4-6,9,12H,2-3,7,15H2,1H3. The van der Waals surface area contributed by atoms with Gasteiger partial charge in [-0.1, -0.05) is 0 Å². The van der Waals surface area contributed by atoms with E-state index in [9.17, 15) is 9.59 Å². The summed E-state index contributed by atoms with van der Waals surface area (Å²) in [7, 11) is 0. The van der Waals surface area contributed by atoms with Crippen molar-refractivity contribution in [1.29, 1.82) is 0 Å². The summed E-state index contributed by atoms with van der Waals surface area (Å²) in [5, 5.41) is -0.267. The second kappa shape index (κ2) is 4.56. The summed E-state index contributed by atoms with van der Waals surface area (Å²) in [6, 6.07) is 5.90. The number of nitrogen functional groups attached to an aromatic ring is 1. The van der Waals surface area contributed by atoms with Crippen molar-refractivity contribution in [1.82, 2.24) is 4.90 Å². The van der Waals surface area contributed by atoms with Gasteiger partial charge < -0.3 is 5.73 Å². The van der Waals surface area contributed by atoms with Crippen LogP contribution in [0.5, 0.6) is 0 Å². The fraction of sp³-hybridized carbons (Fsp3) is 0.429. The average molecular weight is 276 g/mol. The van der Waals surface area contributed by atoms with Crippen LogP contribution in [0.1, 0.15) is 24.8 Å². The van der Waals surface area contributed by atoms with Gasteiger partial charge in [0, 0.05) is 23.0 Å². The highest BCUT2D eigenvalue weighted by Gasteiger charge is 2.46. The molecule has 0 spiro atoms. The van der Waals surface area contributed by atoms with Crippen LogP contribution in [0.2, 0.25) is 0 Å². The number of aryl methyl sites for hydroxylation is 1. The van der Waals surface area contributed by atoms with Crippen LogP contribution in [0.25, 0.3) is 0 Å². The summed E-state index contributed by atoms with van der Waals surface area (Å²) in [6.45, 7) is 1.94. The van der Waals surface area contributed by atoms with Crippen LogP contribution in [0.3, 0.4) is 0 Å². The van der Waals surface area contributed by atoms with Gasteiger partial charge in [0.25, 0.3) is 0 Å². The number of rotatable bonds is 3. The summed E-state index contributed by atoms with van der Waals surface area (Å²) in [5.41, 5.74) is 7.53. The summed E-state index contributed by atoms with van der Waals surface area (Å²) < 4.78 is 0. The molecule has 0 bridgehead atoms. The Morgan fingerprint density at radius 3 is 2.68 bits per heavy atom. The van der Waals surface area contributed by atoms with Crippen LogP contribution in [0, 0.1) is 6.92 Å². The Bertz CT molecular complexity index is 554. The van der Waals surface area contributed by atoms with Crippen LogP contribution in [-0.4, -0.2) is 28.0 Å². The zero-order chi connectivity index (χ0) is 13.6. The Morgan fingerprint density at radius 2 is 2.05 bits per heavy atom. The monoisotopic (exact) mass is 276 g/mol. The molecule has 100 valence electrons. The number of anilines is 1. The van der Waals surface area contributed by atoms with Gasteiger partial charge in [-0.2, -0.15) is 0 Å². The lowest BCUT2D eigenvalue weighted by Crippen LogP contribution is -2.33. The number of imide groups is 1. The molecule has 1 saturated carbocycles. The minimum Gasteiger partial charge on any atom is -0.399 e. The SMILES string of the molecule is Cc1cc(SC2CC(=O)N(C3CC3)C2=O)ccc1N. The molecule has 19 heavy (non-hydrogen) atoms. The van der Waals surface area contributed by atoms with E-state index in [4.69, 9.17) is 5.73 Å². The molecule has 1 aliphatic carbocycles. The third-order valence-electron chi connectivity index (χ3n) is 3.57. The molecule has 1 atom stereocenters. The number of benzene rings is 1. The van der Waals surface area contributed by atoms with Gasteiger partial charge in [0.1, 0.15) is 0 Å². The lowest BCUT2D eigenvalue weighted by Gasteiger charge is -2.13. The predicted octanol–water partition coefficient (Wildman–Crippen LogP) is 1.96. The van der Waals surface area contributed by atoms with Gasteiger partial charge >= 0.3 is 0 Å². The summed E-state index contributed by atoms with van der Waals surface area (Å²) in [6.07, 6.45) is 2.26. The Kier molecular flexibility index (Phi) is 3.01. The van der Waals surface area contributed by atoms with E-state index in [2.05, 4.69) is 0 Å². The quantitative estimate of drug-likeness (QED) is 0.677. The fourth-order valence-electron chi connectivity index (χ4n) is 2.32.